The zero-order valence-corrected chi connectivity index (χ0v) is 28.8. The second-order valence-corrected chi connectivity index (χ2v) is 14.6. The fraction of sp³-hybridized carbons (Fsp3) is 0.812. The summed E-state index contributed by atoms with van der Waals surface area (Å²) in [5, 5.41) is 0. The third-order valence-corrected chi connectivity index (χ3v) is 5.13. The summed E-state index contributed by atoms with van der Waals surface area (Å²) in [5.41, 5.74) is -2.67. The van der Waals surface area contributed by atoms with Gasteiger partial charge >= 0.3 is 23.9 Å². The molecule has 0 amide bonds. The minimum Gasteiger partial charge on any atom is -0.459 e. The quantitative estimate of drug-likeness (QED) is 0.146. The van der Waals surface area contributed by atoms with Crippen LogP contribution < -0.4 is 0 Å². The van der Waals surface area contributed by atoms with Crippen LogP contribution in [0.15, 0.2) is 0 Å². The van der Waals surface area contributed by atoms with Crippen molar-refractivity contribution >= 4 is 23.9 Å². The largest absolute Gasteiger partial charge is 0.459 e. The molecule has 0 N–H and O–H groups in total. The Hall–Kier alpha value is -2.68. The van der Waals surface area contributed by atoms with Crippen molar-refractivity contribution in [3.63, 3.8) is 0 Å². The molecule has 0 rings (SSSR count). The third-order valence-electron chi connectivity index (χ3n) is 5.13. The van der Waals surface area contributed by atoms with E-state index < -0.39 is 46.3 Å². The number of hydrogen-bond acceptors (Lipinski definition) is 11. The Morgan fingerprint density at radius 1 is 0.465 bits per heavy atom. The standard InChI is InChI=1S/C32H57N3O8/c1-14-15-16-33(17-19-34(21-25(36)40-29(2,3)4)22-26(37)41-30(5,6)7)18-20-35(23-27(38)42-31(8,9)10)24-28(39)43-32(11,12)13/h1H,15-24H2,2-13H3. The molecule has 0 aliphatic heterocycles. The summed E-state index contributed by atoms with van der Waals surface area (Å²) in [4.78, 5) is 55.9. The number of esters is 4. The van der Waals surface area contributed by atoms with Crippen LogP contribution in [0.2, 0.25) is 0 Å². The Bertz CT molecular complexity index is 818. The molecule has 248 valence electrons. The van der Waals surface area contributed by atoms with Crippen molar-refractivity contribution in [1.82, 2.24) is 14.7 Å². The molecule has 0 atom stereocenters. The van der Waals surface area contributed by atoms with Crippen molar-refractivity contribution in [2.45, 2.75) is 112 Å². The molecule has 0 aromatic rings. The molecule has 0 aliphatic carbocycles. The highest BCUT2D eigenvalue weighted by molar-refractivity contribution is 5.76. The number of carbonyl (C=O) groups excluding carboxylic acids is 4. The first kappa shape index (κ1) is 40.3. The zero-order chi connectivity index (χ0) is 33.6. The minimum atomic E-state index is -0.667. The molecular formula is C32H57N3O8. The minimum absolute atomic E-state index is 0.0943. The van der Waals surface area contributed by atoms with Crippen molar-refractivity contribution in [2.24, 2.45) is 0 Å². The summed E-state index contributed by atoms with van der Waals surface area (Å²) in [6, 6.07) is 0. The van der Waals surface area contributed by atoms with Gasteiger partial charge in [0, 0.05) is 39.1 Å². The maximum Gasteiger partial charge on any atom is 0.320 e. The van der Waals surface area contributed by atoms with Crippen LogP contribution in [0, 0.1) is 12.3 Å². The number of carbonyl (C=O) groups is 4. The number of nitrogens with zero attached hydrogens (tertiary/aromatic N) is 3. The maximum absolute atomic E-state index is 12.6. The van der Waals surface area contributed by atoms with Gasteiger partial charge in [0.2, 0.25) is 0 Å². The molecular weight excluding hydrogens is 554 g/mol. The van der Waals surface area contributed by atoms with E-state index in [0.29, 0.717) is 39.1 Å². The Kier molecular flexibility index (Phi) is 16.5. The van der Waals surface area contributed by atoms with Gasteiger partial charge in [-0.15, -0.1) is 12.3 Å². The molecule has 0 heterocycles. The van der Waals surface area contributed by atoms with Crippen LogP contribution in [0.25, 0.3) is 0 Å². The molecule has 0 saturated heterocycles. The van der Waals surface area contributed by atoms with Crippen molar-refractivity contribution < 1.29 is 38.1 Å². The van der Waals surface area contributed by atoms with Crippen LogP contribution >= 0.6 is 0 Å². The Balaban J connectivity index is 5.68. The fourth-order valence-corrected chi connectivity index (χ4v) is 3.78. The van der Waals surface area contributed by atoms with Gasteiger partial charge in [-0.05, 0) is 83.1 Å². The molecule has 0 aromatic heterocycles. The smallest absolute Gasteiger partial charge is 0.320 e. The van der Waals surface area contributed by atoms with Gasteiger partial charge in [-0.1, -0.05) is 0 Å². The topological polar surface area (TPSA) is 115 Å². The summed E-state index contributed by atoms with van der Waals surface area (Å²) in [6.07, 6.45) is 6.01. The average Bonchev–Trinajstić information content (AvgIpc) is 2.72. The van der Waals surface area contributed by atoms with Crippen molar-refractivity contribution in [2.75, 3.05) is 58.9 Å². The van der Waals surface area contributed by atoms with Gasteiger partial charge in [0.25, 0.3) is 0 Å². The fourth-order valence-electron chi connectivity index (χ4n) is 3.78. The number of rotatable bonds is 16. The summed E-state index contributed by atoms with van der Waals surface area (Å²) < 4.78 is 21.9. The van der Waals surface area contributed by atoms with Crippen molar-refractivity contribution in [1.29, 1.82) is 0 Å². The van der Waals surface area contributed by atoms with Crippen LogP contribution in [0.3, 0.4) is 0 Å². The van der Waals surface area contributed by atoms with Crippen molar-refractivity contribution in [3.05, 3.63) is 0 Å². The molecule has 43 heavy (non-hydrogen) atoms. The summed E-state index contributed by atoms with van der Waals surface area (Å²) in [6.45, 7) is 23.2. The highest BCUT2D eigenvalue weighted by Gasteiger charge is 2.26. The van der Waals surface area contributed by atoms with Gasteiger partial charge in [-0.25, -0.2) is 0 Å². The lowest BCUT2D eigenvalue weighted by Gasteiger charge is -2.30. The Morgan fingerprint density at radius 3 is 0.907 bits per heavy atom. The van der Waals surface area contributed by atoms with E-state index in [0.717, 1.165) is 0 Å². The summed E-state index contributed by atoms with van der Waals surface area (Å²) >= 11 is 0. The first-order valence-electron chi connectivity index (χ1n) is 14.9. The van der Waals surface area contributed by atoms with Gasteiger partial charge in [-0.3, -0.25) is 33.9 Å². The van der Waals surface area contributed by atoms with Gasteiger partial charge in [0.1, 0.15) is 22.4 Å². The summed E-state index contributed by atoms with van der Waals surface area (Å²) in [7, 11) is 0. The average molecular weight is 612 g/mol. The lowest BCUT2D eigenvalue weighted by molar-refractivity contribution is -0.162. The normalized spacial score (nSPS) is 12.7. The van der Waals surface area contributed by atoms with Gasteiger partial charge in [-0.2, -0.15) is 0 Å². The van der Waals surface area contributed by atoms with E-state index in [1.54, 1.807) is 92.9 Å². The number of hydrogen-bond donors (Lipinski definition) is 0. The first-order chi connectivity index (χ1) is 19.4. The second-order valence-electron chi connectivity index (χ2n) is 14.6. The Labute approximate surface area is 259 Å². The molecule has 0 bridgehead atoms. The molecule has 0 aliphatic rings. The highest BCUT2D eigenvalue weighted by atomic mass is 16.6. The predicted octanol–water partition coefficient (Wildman–Crippen LogP) is 3.28. The lowest BCUT2D eigenvalue weighted by atomic mass is 10.2. The molecule has 0 unspecified atom stereocenters. The van der Waals surface area contributed by atoms with E-state index in [-0.39, 0.29) is 26.2 Å². The predicted molar refractivity (Wildman–Crippen MR) is 166 cm³/mol. The van der Waals surface area contributed by atoms with Crippen LogP contribution in [0.5, 0.6) is 0 Å². The van der Waals surface area contributed by atoms with E-state index in [9.17, 15) is 19.2 Å². The van der Waals surface area contributed by atoms with E-state index in [1.165, 1.54) is 0 Å². The third kappa shape index (κ3) is 24.5. The van der Waals surface area contributed by atoms with Gasteiger partial charge in [0.05, 0.1) is 26.2 Å². The number of terminal acetylenes is 1. The van der Waals surface area contributed by atoms with E-state index in [1.807, 2.05) is 0 Å². The van der Waals surface area contributed by atoms with Crippen molar-refractivity contribution in [3.8, 4) is 12.3 Å². The van der Waals surface area contributed by atoms with E-state index in [4.69, 9.17) is 25.4 Å². The molecule has 0 saturated carbocycles. The molecule has 11 nitrogen and oxygen atoms in total. The van der Waals surface area contributed by atoms with Gasteiger partial charge in [0.15, 0.2) is 0 Å². The number of ether oxygens (including phenoxy) is 4. The van der Waals surface area contributed by atoms with Crippen LogP contribution in [0.4, 0.5) is 0 Å². The lowest BCUT2D eigenvalue weighted by Crippen LogP contribution is -2.46. The molecule has 0 spiro atoms. The van der Waals surface area contributed by atoms with Gasteiger partial charge < -0.3 is 18.9 Å². The van der Waals surface area contributed by atoms with Crippen LogP contribution in [-0.4, -0.2) is 120 Å². The molecule has 0 aromatic carbocycles. The highest BCUT2D eigenvalue weighted by Crippen LogP contribution is 2.12. The molecule has 0 radical (unpaired) electrons. The maximum atomic E-state index is 12.6. The van der Waals surface area contributed by atoms with Crippen LogP contribution in [-0.2, 0) is 38.1 Å². The second kappa shape index (κ2) is 17.6. The van der Waals surface area contributed by atoms with E-state index in [2.05, 4.69) is 10.8 Å². The Morgan fingerprint density at radius 2 is 0.698 bits per heavy atom. The van der Waals surface area contributed by atoms with E-state index >= 15 is 0 Å². The monoisotopic (exact) mass is 611 g/mol. The summed E-state index contributed by atoms with van der Waals surface area (Å²) in [5.74, 6) is 0.833. The molecule has 11 heteroatoms. The SMILES string of the molecule is C#CCCN(CCN(CC(=O)OC(C)(C)C)CC(=O)OC(C)(C)C)CCN(CC(=O)OC(C)(C)C)CC(=O)OC(C)(C)C. The first-order valence-corrected chi connectivity index (χ1v) is 14.9. The zero-order valence-electron chi connectivity index (χ0n) is 28.8. The molecule has 0 fully saturated rings. The van der Waals surface area contributed by atoms with Crippen LogP contribution in [0.1, 0.15) is 89.5 Å².